The molecule has 3 heterocycles. The van der Waals surface area contributed by atoms with Gasteiger partial charge in [0.05, 0.1) is 11.8 Å². The van der Waals surface area contributed by atoms with Gasteiger partial charge in [-0.15, -0.1) is 0 Å². The lowest BCUT2D eigenvalue weighted by atomic mass is 10.2. The van der Waals surface area contributed by atoms with Crippen molar-refractivity contribution in [2.45, 2.75) is 19.9 Å². The van der Waals surface area contributed by atoms with Crippen LogP contribution in [0.2, 0.25) is 0 Å². The van der Waals surface area contributed by atoms with Crippen LogP contribution in [-0.4, -0.2) is 25.7 Å². The number of benzene rings is 2. The number of oxazole rings is 1. The predicted molar refractivity (Wildman–Crippen MR) is 115 cm³/mol. The summed E-state index contributed by atoms with van der Waals surface area (Å²) >= 11 is 0. The fraction of sp³-hybridized carbons (Fsp3) is 0.130. The lowest BCUT2D eigenvalue weighted by molar-refractivity contribution is 0.102. The Morgan fingerprint density at radius 2 is 1.87 bits per heavy atom. The van der Waals surface area contributed by atoms with Crippen molar-refractivity contribution < 1.29 is 9.21 Å². The molecule has 0 aliphatic carbocycles. The SMILES string of the molecule is CC(C)n1ncc2cc(C(=O)Nc3ccc(-c4nc5ccccc5o4)cc3)cnc21. The highest BCUT2D eigenvalue weighted by Crippen LogP contribution is 2.25. The first-order valence-electron chi connectivity index (χ1n) is 9.69. The summed E-state index contributed by atoms with van der Waals surface area (Å²) in [7, 11) is 0. The van der Waals surface area contributed by atoms with Crippen LogP contribution in [0, 0.1) is 0 Å². The van der Waals surface area contributed by atoms with Crippen molar-refractivity contribution in [1.82, 2.24) is 19.7 Å². The van der Waals surface area contributed by atoms with E-state index in [9.17, 15) is 4.79 Å². The van der Waals surface area contributed by atoms with E-state index in [0.717, 1.165) is 27.7 Å². The summed E-state index contributed by atoms with van der Waals surface area (Å²) in [5.74, 6) is 0.321. The van der Waals surface area contributed by atoms with Gasteiger partial charge in [0.2, 0.25) is 5.89 Å². The third-order valence-corrected chi connectivity index (χ3v) is 4.87. The van der Waals surface area contributed by atoms with Gasteiger partial charge in [-0.05, 0) is 56.3 Å². The van der Waals surface area contributed by atoms with E-state index in [4.69, 9.17) is 4.42 Å². The first-order chi connectivity index (χ1) is 14.6. The van der Waals surface area contributed by atoms with Gasteiger partial charge in [-0.25, -0.2) is 14.6 Å². The number of hydrogen-bond donors (Lipinski definition) is 1. The topological polar surface area (TPSA) is 85.8 Å². The Morgan fingerprint density at radius 1 is 1.07 bits per heavy atom. The zero-order valence-electron chi connectivity index (χ0n) is 16.5. The number of amides is 1. The first-order valence-corrected chi connectivity index (χ1v) is 9.69. The minimum atomic E-state index is -0.226. The Labute approximate surface area is 172 Å². The molecule has 3 aromatic heterocycles. The zero-order chi connectivity index (χ0) is 20.7. The third-order valence-electron chi connectivity index (χ3n) is 4.87. The van der Waals surface area contributed by atoms with Crippen LogP contribution >= 0.6 is 0 Å². The summed E-state index contributed by atoms with van der Waals surface area (Å²) in [4.78, 5) is 21.6. The van der Waals surface area contributed by atoms with Gasteiger partial charge in [0.15, 0.2) is 11.2 Å². The Bertz CT molecular complexity index is 1330. The summed E-state index contributed by atoms with van der Waals surface area (Å²) in [6, 6.07) is 17.0. The highest BCUT2D eigenvalue weighted by molar-refractivity contribution is 6.05. The number of aromatic nitrogens is 4. The van der Waals surface area contributed by atoms with E-state index < -0.39 is 0 Å². The van der Waals surface area contributed by atoms with Crippen molar-refractivity contribution in [1.29, 1.82) is 0 Å². The van der Waals surface area contributed by atoms with Gasteiger partial charge in [-0.3, -0.25) is 4.79 Å². The highest BCUT2D eigenvalue weighted by Gasteiger charge is 2.13. The van der Waals surface area contributed by atoms with Gasteiger partial charge in [0.1, 0.15) is 5.52 Å². The van der Waals surface area contributed by atoms with Crippen LogP contribution < -0.4 is 5.32 Å². The van der Waals surface area contributed by atoms with Crippen LogP contribution in [0.5, 0.6) is 0 Å². The van der Waals surface area contributed by atoms with Gasteiger partial charge < -0.3 is 9.73 Å². The molecule has 7 heteroatoms. The van der Waals surface area contributed by atoms with E-state index in [0.29, 0.717) is 17.1 Å². The Morgan fingerprint density at radius 3 is 2.63 bits per heavy atom. The molecule has 5 aromatic rings. The number of hydrogen-bond acceptors (Lipinski definition) is 5. The minimum absolute atomic E-state index is 0.203. The summed E-state index contributed by atoms with van der Waals surface area (Å²) in [5.41, 5.74) is 4.33. The molecule has 0 radical (unpaired) electrons. The van der Waals surface area contributed by atoms with E-state index in [-0.39, 0.29) is 11.9 Å². The fourth-order valence-electron chi connectivity index (χ4n) is 3.34. The van der Waals surface area contributed by atoms with Gasteiger partial charge in [-0.2, -0.15) is 5.10 Å². The summed E-state index contributed by atoms with van der Waals surface area (Å²) < 4.78 is 7.62. The molecule has 1 N–H and O–H groups in total. The molecule has 5 rings (SSSR count). The standard InChI is InChI=1S/C23H19N5O2/c1-14(2)28-21-16(13-25-28)11-17(12-24-21)22(29)26-18-9-7-15(8-10-18)23-27-19-5-3-4-6-20(19)30-23/h3-14H,1-2H3,(H,26,29). The van der Waals surface area contributed by atoms with Crippen molar-refractivity contribution in [2.75, 3.05) is 5.32 Å². The number of carbonyl (C=O) groups is 1. The molecule has 0 aliphatic heterocycles. The second kappa shape index (κ2) is 7.11. The quantitative estimate of drug-likeness (QED) is 0.457. The largest absolute Gasteiger partial charge is 0.436 e. The lowest BCUT2D eigenvalue weighted by Crippen LogP contribution is -2.12. The van der Waals surface area contributed by atoms with Gasteiger partial charge in [0, 0.05) is 28.9 Å². The number of para-hydroxylation sites is 2. The molecule has 1 amide bonds. The average Bonchev–Trinajstić information content (AvgIpc) is 3.38. The lowest BCUT2D eigenvalue weighted by Gasteiger charge is -2.07. The molecule has 148 valence electrons. The number of pyridine rings is 1. The summed E-state index contributed by atoms with van der Waals surface area (Å²) in [5, 5.41) is 8.08. The van der Waals surface area contributed by atoms with Crippen LogP contribution in [0.15, 0.2) is 71.4 Å². The molecule has 0 spiro atoms. The van der Waals surface area contributed by atoms with E-state index >= 15 is 0 Å². The van der Waals surface area contributed by atoms with Crippen molar-refractivity contribution in [3.8, 4) is 11.5 Å². The van der Waals surface area contributed by atoms with E-state index in [2.05, 4.69) is 20.4 Å². The summed E-state index contributed by atoms with van der Waals surface area (Å²) in [6.45, 7) is 4.08. The van der Waals surface area contributed by atoms with Crippen molar-refractivity contribution in [3.05, 3.63) is 72.6 Å². The molecule has 30 heavy (non-hydrogen) atoms. The van der Waals surface area contributed by atoms with E-state index in [1.54, 1.807) is 18.5 Å². The maximum Gasteiger partial charge on any atom is 0.257 e. The molecular weight excluding hydrogens is 378 g/mol. The molecule has 0 unspecified atom stereocenters. The maximum absolute atomic E-state index is 12.7. The van der Waals surface area contributed by atoms with Crippen LogP contribution in [0.25, 0.3) is 33.6 Å². The van der Waals surface area contributed by atoms with Crippen molar-refractivity contribution in [2.24, 2.45) is 0 Å². The number of nitrogens with one attached hydrogen (secondary N) is 1. The highest BCUT2D eigenvalue weighted by atomic mass is 16.3. The Balaban J connectivity index is 1.35. The van der Waals surface area contributed by atoms with Crippen LogP contribution in [0.1, 0.15) is 30.2 Å². The third kappa shape index (κ3) is 3.20. The number of fused-ring (bicyclic) bond motifs is 2. The smallest absolute Gasteiger partial charge is 0.257 e. The Hall–Kier alpha value is -4.00. The monoisotopic (exact) mass is 397 g/mol. The van der Waals surface area contributed by atoms with Crippen LogP contribution in [0.3, 0.4) is 0 Å². The molecule has 0 aliphatic rings. The van der Waals surface area contributed by atoms with Crippen LogP contribution in [-0.2, 0) is 0 Å². The predicted octanol–water partition coefficient (Wildman–Crippen LogP) is 5.07. The number of carbonyl (C=O) groups excluding carboxylic acids is 1. The molecule has 0 fully saturated rings. The number of nitrogens with zero attached hydrogens (tertiary/aromatic N) is 4. The van der Waals surface area contributed by atoms with Crippen molar-refractivity contribution in [3.63, 3.8) is 0 Å². The van der Waals surface area contributed by atoms with E-state index in [1.807, 2.05) is 67.1 Å². The number of rotatable bonds is 4. The Kier molecular flexibility index (Phi) is 4.28. The minimum Gasteiger partial charge on any atom is -0.436 e. The molecule has 0 bridgehead atoms. The zero-order valence-corrected chi connectivity index (χ0v) is 16.5. The molecule has 2 aromatic carbocycles. The van der Waals surface area contributed by atoms with Gasteiger partial charge >= 0.3 is 0 Å². The van der Waals surface area contributed by atoms with Crippen LogP contribution in [0.4, 0.5) is 5.69 Å². The van der Waals surface area contributed by atoms with E-state index in [1.165, 1.54) is 0 Å². The van der Waals surface area contributed by atoms with Gasteiger partial charge in [0.25, 0.3) is 5.91 Å². The molecule has 0 saturated heterocycles. The maximum atomic E-state index is 12.7. The fourth-order valence-corrected chi connectivity index (χ4v) is 3.34. The average molecular weight is 397 g/mol. The molecule has 0 saturated carbocycles. The van der Waals surface area contributed by atoms with Crippen molar-refractivity contribution >= 4 is 33.7 Å². The first kappa shape index (κ1) is 18.1. The molecule has 7 nitrogen and oxygen atoms in total. The summed E-state index contributed by atoms with van der Waals surface area (Å²) in [6.07, 6.45) is 3.30. The second-order valence-electron chi connectivity index (χ2n) is 7.34. The number of anilines is 1. The molecule has 0 atom stereocenters. The molecular formula is C23H19N5O2. The second-order valence-corrected chi connectivity index (χ2v) is 7.34. The van der Waals surface area contributed by atoms with Gasteiger partial charge in [-0.1, -0.05) is 12.1 Å². The normalized spacial score (nSPS) is 11.4.